The van der Waals surface area contributed by atoms with E-state index in [0.717, 1.165) is 71.5 Å². The second-order valence-electron chi connectivity index (χ2n) is 9.76. The minimum Gasteiger partial charge on any atom is -0.447 e. The van der Waals surface area contributed by atoms with Gasteiger partial charge in [0.1, 0.15) is 6.26 Å². The lowest BCUT2D eigenvalue weighted by molar-refractivity contribution is 0.0627. The molecule has 2 aliphatic rings. The van der Waals surface area contributed by atoms with Crippen LogP contribution in [0, 0.1) is 0 Å². The Morgan fingerprint density at radius 1 is 1.03 bits per heavy atom. The van der Waals surface area contributed by atoms with Gasteiger partial charge in [0.15, 0.2) is 5.69 Å². The van der Waals surface area contributed by atoms with Gasteiger partial charge in [-0.1, -0.05) is 44.9 Å². The highest BCUT2D eigenvalue weighted by molar-refractivity contribution is 5.92. The third kappa shape index (κ3) is 6.84. The number of β-amino-alcohol motifs (C(OH)–C–C–N with tert-alkyl or cyclic N) is 1. The van der Waals surface area contributed by atoms with Crippen molar-refractivity contribution >= 4 is 11.6 Å². The first kappa shape index (κ1) is 25.7. The van der Waals surface area contributed by atoms with Gasteiger partial charge in [-0.2, -0.15) is 0 Å². The van der Waals surface area contributed by atoms with Crippen LogP contribution in [0.4, 0.5) is 5.69 Å². The van der Waals surface area contributed by atoms with E-state index in [2.05, 4.69) is 57.8 Å². The molecule has 2 aliphatic heterocycles. The van der Waals surface area contributed by atoms with E-state index in [0.29, 0.717) is 31.2 Å². The van der Waals surface area contributed by atoms with E-state index in [9.17, 15) is 9.90 Å². The lowest BCUT2D eigenvalue weighted by Crippen LogP contribution is -2.49. The van der Waals surface area contributed by atoms with Crippen molar-refractivity contribution in [1.82, 2.24) is 19.7 Å². The highest BCUT2D eigenvalue weighted by atomic mass is 16.3. The second-order valence-corrected chi connectivity index (χ2v) is 9.76. The van der Waals surface area contributed by atoms with E-state index in [1.54, 1.807) is 0 Å². The number of rotatable bonds is 10. The molecule has 1 unspecified atom stereocenters. The van der Waals surface area contributed by atoms with Crippen LogP contribution in [-0.2, 0) is 13.0 Å². The summed E-state index contributed by atoms with van der Waals surface area (Å²) in [5, 5.41) is 10.2. The lowest BCUT2D eigenvalue weighted by Gasteiger charge is -2.36. The Balaban J connectivity index is 1.22. The Bertz CT molecular complexity index is 932. The van der Waals surface area contributed by atoms with E-state index >= 15 is 0 Å². The molecule has 4 rings (SSSR count). The van der Waals surface area contributed by atoms with Crippen LogP contribution in [0.3, 0.4) is 0 Å². The molecule has 0 aliphatic carbocycles. The summed E-state index contributed by atoms with van der Waals surface area (Å²) in [6, 6.07) is 8.53. The van der Waals surface area contributed by atoms with Crippen LogP contribution in [0.2, 0.25) is 0 Å². The Hall–Kier alpha value is -2.42. The number of oxazole rings is 1. The van der Waals surface area contributed by atoms with Crippen LogP contribution in [0.5, 0.6) is 0 Å². The normalized spacial score (nSPS) is 18.7. The third-order valence-electron chi connectivity index (χ3n) is 7.23. The van der Waals surface area contributed by atoms with Crippen molar-refractivity contribution < 1.29 is 14.3 Å². The lowest BCUT2D eigenvalue weighted by atomic mass is 10.1. The number of amides is 1. The molecule has 0 radical (unpaired) electrons. The number of hydrogen-bond acceptors (Lipinski definition) is 7. The van der Waals surface area contributed by atoms with Crippen molar-refractivity contribution in [2.45, 2.75) is 52.2 Å². The number of piperazine rings is 2. The van der Waals surface area contributed by atoms with Gasteiger partial charge in [-0.25, -0.2) is 4.98 Å². The number of aliphatic hydroxyl groups excluding tert-OH is 1. The molecule has 3 heterocycles. The Labute approximate surface area is 209 Å². The molecule has 2 fully saturated rings. The summed E-state index contributed by atoms with van der Waals surface area (Å²) in [5.41, 5.74) is 3.03. The van der Waals surface area contributed by atoms with E-state index in [1.807, 2.05) is 4.90 Å². The standard InChI is InChI=1S/C27H41N5O3/c1-3-5-9-23(33)19-29-11-13-30(14-12-29)20-26-28-24(21-35-26)27(34)32-17-15-31(16-18-32)25-10-7-6-8-22(25)4-2/h6-8,10,21,23,33H,3-5,9,11-20H2,1-2H3. The quantitative estimate of drug-likeness (QED) is 0.557. The molecule has 0 saturated carbocycles. The summed E-state index contributed by atoms with van der Waals surface area (Å²) in [7, 11) is 0. The summed E-state index contributed by atoms with van der Waals surface area (Å²) < 4.78 is 5.67. The predicted octanol–water partition coefficient (Wildman–Crippen LogP) is 2.87. The molecule has 0 spiro atoms. The first-order valence-corrected chi connectivity index (χ1v) is 13.3. The van der Waals surface area contributed by atoms with Crippen LogP contribution in [0.15, 0.2) is 34.9 Å². The number of para-hydroxylation sites is 1. The van der Waals surface area contributed by atoms with Crippen LogP contribution in [-0.4, -0.2) is 95.7 Å². The molecule has 8 nitrogen and oxygen atoms in total. The van der Waals surface area contributed by atoms with Gasteiger partial charge in [0.2, 0.25) is 5.89 Å². The molecule has 1 amide bonds. The first-order valence-electron chi connectivity index (χ1n) is 13.3. The molecule has 0 bridgehead atoms. The molecule has 1 N–H and O–H groups in total. The number of hydrogen-bond donors (Lipinski definition) is 1. The molecule has 1 aromatic carbocycles. The van der Waals surface area contributed by atoms with Crippen molar-refractivity contribution in [1.29, 1.82) is 0 Å². The fourth-order valence-electron chi connectivity index (χ4n) is 5.06. The van der Waals surface area contributed by atoms with Gasteiger partial charge in [-0.05, 0) is 24.5 Å². The van der Waals surface area contributed by atoms with E-state index in [1.165, 1.54) is 17.5 Å². The van der Waals surface area contributed by atoms with Crippen molar-refractivity contribution in [2.24, 2.45) is 0 Å². The number of aromatic nitrogens is 1. The maximum absolute atomic E-state index is 13.0. The molecule has 8 heteroatoms. The van der Waals surface area contributed by atoms with Gasteiger partial charge in [-0.3, -0.25) is 14.6 Å². The monoisotopic (exact) mass is 483 g/mol. The molecule has 192 valence electrons. The summed E-state index contributed by atoms with van der Waals surface area (Å²) in [6.45, 7) is 12.4. The highest BCUT2D eigenvalue weighted by Gasteiger charge is 2.26. The Morgan fingerprint density at radius 3 is 2.46 bits per heavy atom. The molecular formula is C27H41N5O3. The van der Waals surface area contributed by atoms with Crippen LogP contribution >= 0.6 is 0 Å². The predicted molar refractivity (Wildman–Crippen MR) is 138 cm³/mol. The van der Waals surface area contributed by atoms with Crippen molar-refractivity contribution in [3.63, 3.8) is 0 Å². The maximum atomic E-state index is 13.0. The first-order chi connectivity index (χ1) is 17.1. The number of carbonyl (C=O) groups excluding carboxylic acids is 1. The molecule has 2 aromatic rings. The van der Waals surface area contributed by atoms with Gasteiger partial charge in [-0.15, -0.1) is 0 Å². The van der Waals surface area contributed by atoms with Gasteiger partial charge in [0.25, 0.3) is 5.91 Å². The van der Waals surface area contributed by atoms with Crippen LogP contribution in [0.1, 0.15) is 55.1 Å². The fraction of sp³-hybridized carbons (Fsp3) is 0.630. The summed E-state index contributed by atoms with van der Waals surface area (Å²) >= 11 is 0. The van der Waals surface area contributed by atoms with Gasteiger partial charge in [0, 0.05) is 64.6 Å². The third-order valence-corrected chi connectivity index (χ3v) is 7.23. The zero-order valence-corrected chi connectivity index (χ0v) is 21.4. The number of carbonyl (C=O) groups is 1. The van der Waals surface area contributed by atoms with Gasteiger partial charge in [0.05, 0.1) is 12.6 Å². The topological polar surface area (TPSA) is 76.3 Å². The highest BCUT2D eigenvalue weighted by Crippen LogP contribution is 2.23. The Morgan fingerprint density at radius 2 is 1.74 bits per heavy atom. The molecular weight excluding hydrogens is 442 g/mol. The van der Waals surface area contributed by atoms with E-state index in [4.69, 9.17) is 4.42 Å². The van der Waals surface area contributed by atoms with Crippen LogP contribution in [0.25, 0.3) is 0 Å². The molecule has 1 atom stereocenters. The van der Waals surface area contributed by atoms with E-state index in [-0.39, 0.29) is 12.0 Å². The average Bonchev–Trinajstić information content (AvgIpc) is 3.36. The Kier molecular flexibility index (Phi) is 9.18. The van der Waals surface area contributed by atoms with Crippen molar-refractivity contribution in [2.75, 3.05) is 63.8 Å². The molecule has 1 aromatic heterocycles. The number of aliphatic hydroxyl groups is 1. The summed E-state index contributed by atoms with van der Waals surface area (Å²) in [4.78, 5) is 26.4. The van der Waals surface area contributed by atoms with Gasteiger partial charge < -0.3 is 19.3 Å². The smallest absolute Gasteiger partial charge is 0.275 e. The molecule has 35 heavy (non-hydrogen) atoms. The SMILES string of the molecule is CCCCC(O)CN1CCN(Cc2nc(C(=O)N3CCN(c4ccccc4CC)CC3)co2)CC1. The zero-order chi connectivity index (χ0) is 24.6. The number of anilines is 1. The number of unbranched alkanes of at least 4 members (excludes halogenated alkanes) is 1. The number of benzene rings is 1. The maximum Gasteiger partial charge on any atom is 0.275 e. The number of aryl methyl sites for hydroxylation is 1. The average molecular weight is 484 g/mol. The van der Waals surface area contributed by atoms with Crippen LogP contribution < -0.4 is 4.90 Å². The summed E-state index contributed by atoms with van der Waals surface area (Å²) in [5.74, 6) is 0.551. The number of nitrogens with zero attached hydrogens (tertiary/aromatic N) is 5. The largest absolute Gasteiger partial charge is 0.447 e. The minimum atomic E-state index is -0.231. The van der Waals surface area contributed by atoms with Crippen molar-refractivity contribution in [3.8, 4) is 0 Å². The fourth-order valence-corrected chi connectivity index (χ4v) is 5.06. The molecule has 2 saturated heterocycles. The summed E-state index contributed by atoms with van der Waals surface area (Å²) in [6.07, 6.45) is 5.36. The zero-order valence-electron chi connectivity index (χ0n) is 21.4. The van der Waals surface area contributed by atoms with Gasteiger partial charge >= 0.3 is 0 Å². The minimum absolute atomic E-state index is 0.0469. The van der Waals surface area contributed by atoms with E-state index < -0.39 is 0 Å². The second kappa shape index (κ2) is 12.5. The van der Waals surface area contributed by atoms with Crippen molar-refractivity contribution in [3.05, 3.63) is 47.7 Å².